The van der Waals surface area contributed by atoms with Crippen molar-refractivity contribution < 1.29 is 5.11 Å². The standard InChI is InChI=1S/C14H18N2O/c17-8-7-16-6-5-12-9-11(1-4-14(12)16)10-15-13-2-3-13/h1,4-6,9,13,15,17H,2-3,7-8,10H2. The van der Waals surface area contributed by atoms with Crippen molar-refractivity contribution in [3.05, 3.63) is 36.0 Å². The second-order valence-corrected chi connectivity index (χ2v) is 4.78. The third-order valence-corrected chi connectivity index (χ3v) is 3.35. The van der Waals surface area contributed by atoms with E-state index in [0.29, 0.717) is 6.54 Å². The molecule has 1 aromatic heterocycles. The van der Waals surface area contributed by atoms with Gasteiger partial charge in [-0.1, -0.05) is 6.07 Å². The summed E-state index contributed by atoms with van der Waals surface area (Å²) in [5, 5.41) is 13.8. The van der Waals surface area contributed by atoms with Gasteiger partial charge in [-0.05, 0) is 42.0 Å². The molecule has 90 valence electrons. The van der Waals surface area contributed by atoms with Crippen molar-refractivity contribution in [3.8, 4) is 0 Å². The van der Waals surface area contributed by atoms with Crippen molar-refractivity contribution in [2.75, 3.05) is 6.61 Å². The van der Waals surface area contributed by atoms with E-state index in [1.807, 2.05) is 6.20 Å². The van der Waals surface area contributed by atoms with E-state index in [4.69, 9.17) is 5.11 Å². The Morgan fingerprint density at radius 3 is 2.94 bits per heavy atom. The lowest BCUT2D eigenvalue weighted by atomic mass is 10.1. The van der Waals surface area contributed by atoms with Gasteiger partial charge in [0.05, 0.1) is 6.61 Å². The van der Waals surface area contributed by atoms with Crippen molar-refractivity contribution >= 4 is 10.9 Å². The predicted molar refractivity (Wildman–Crippen MR) is 68.9 cm³/mol. The number of fused-ring (bicyclic) bond motifs is 1. The molecule has 0 radical (unpaired) electrons. The van der Waals surface area contributed by atoms with E-state index in [2.05, 4.69) is 34.1 Å². The minimum absolute atomic E-state index is 0.189. The number of aromatic nitrogens is 1. The Labute approximate surface area is 101 Å². The molecule has 1 aromatic carbocycles. The zero-order valence-electron chi connectivity index (χ0n) is 9.89. The van der Waals surface area contributed by atoms with Crippen molar-refractivity contribution in [1.29, 1.82) is 0 Å². The lowest BCUT2D eigenvalue weighted by molar-refractivity contribution is 0.278. The first kappa shape index (κ1) is 10.8. The van der Waals surface area contributed by atoms with Gasteiger partial charge < -0.3 is 15.0 Å². The maximum Gasteiger partial charge on any atom is 0.0610 e. The molecule has 0 atom stereocenters. The van der Waals surface area contributed by atoms with Crippen LogP contribution in [0.2, 0.25) is 0 Å². The molecular formula is C14H18N2O. The summed E-state index contributed by atoms with van der Waals surface area (Å²) >= 11 is 0. The SMILES string of the molecule is OCCn1ccc2cc(CNC3CC3)ccc21. The number of rotatable bonds is 5. The third-order valence-electron chi connectivity index (χ3n) is 3.35. The molecule has 0 spiro atoms. The van der Waals surface area contributed by atoms with Crippen LogP contribution in [-0.4, -0.2) is 22.3 Å². The lowest BCUT2D eigenvalue weighted by Crippen LogP contribution is -2.15. The molecule has 1 aliphatic carbocycles. The third kappa shape index (κ3) is 2.35. The van der Waals surface area contributed by atoms with Gasteiger partial charge >= 0.3 is 0 Å². The van der Waals surface area contributed by atoms with E-state index < -0.39 is 0 Å². The summed E-state index contributed by atoms with van der Waals surface area (Å²) in [6, 6.07) is 9.43. The normalized spacial score (nSPS) is 15.6. The van der Waals surface area contributed by atoms with Crippen LogP contribution in [0.3, 0.4) is 0 Å². The highest BCUT2D eigenvalue weighted by Gasteiger charge is 2.19. The Kier molecular flexibility index (Phi) is 2.87. The fraction of sp³-hybridized carbons (Fsp3) is 0.429. The Morgan fingerprint density at radius 1 is 1.29 bits per heavy atom. The van der Waals surface area contributed by atoms with Gasteiger partial charge in [-0.15, -0.1) is 0 Å². The molecule has 0 aliphatic heterocycles. The van der Waals surface area contributed by atoms with Crippen LogP contribution in [0.4, 0.5) is 0 Å². The van der Waals surface area contributed by atoms with Crippen LogP contribution >= 0.6 is 0 Å². The average molecular weight is 230 g/mol. The van der Waals surface area contributed by atoms with Gasteiger partial charge in [-0.2, -0.15) is 0 Å². The zero-order valence-corrected chi connectivity index (χ0v) is 9.89. The van der Waals surface area contributed by atoms with Crippen LogP contribution in [0.25, 0.3) is 10.9 Å². The molecular weight excluding hydrogens is 212 g/mol. The van der Waals surface area contributed by atoms with Crippen LogP contribution in [0, 0.1) is 0 Å². The number of aliphatic hydroxyl groups excluding tert-OH is 1. The first-order valence-corrected chi connectivity index (χ1v) is 6.29. The summed E-state index contributed by atoms with van der Waals surface area (Å²) in [6.07, 6.45) is 4.70. The number of nitrogens with zero attached hydrogens (tertiary/aromatic N) is 1. The van der Waals surface area contributed by atoms with Crippen molar-refractivity contribution in [2.24, 2.45) is 0 Å². The van der Waals surface area contributed by atoms with Gasteiger partial charge in [0.25, 0.3) is 0 Å². The molecule has 0 amide bonds. The molecule has 17 heavy (non-hydrogen) atoms. The monoisotopic (exact) mass is 230 g/mol. The summed E-state index contributed by atoms with van der Waals surface area (Å²) in [4.78, 5) is 0. The molecule has 0 saturated heterocycles. The highest BCUT2D eigenvalue weighted by Crippen LogP contribution is 2.21. The number of hydrogen-bond donors (Lipinski definition) is 2. The van der Waals surface area contributed by atoms with Crippen LogP contribution in [-0.2, 0) is 13.1 Å². The number of nitrogens with one attached hydrogen (secondary N) is 1. The van der Waals surface area contributed by atoms with E-state index in [0.717, 1.165) is 12.6 Å². The van der Waals surface area contributed by atoms with Gasteiger partial charge in [-0.3, -0.25) is 0 Å². The highest BCUT2D eigenvalue weighted by atomic mass is 16.3. The highest BCUT2D eigenvalue weighted by molar-refractivity contribution is 5.80. The molecule has 2 aromatic rings. The molecule has 0 bridgehead atoms. The molecule has 3 rings (SSSR count). The average Bonchev–Trinajstić information content (AvgIpc) is 3.10. The smallest absolute Gasteiger partial charge is 0.0610 e. The van der Waals surface area contributed by atoms with E-state index in [1.54, 1.807) is 0 Å². The van der Waals surface area contributed by atoms with Gasteiger partial charge in [0.2, 0.25) is 0 Å². The topological polar surface area (TPSA) is 37.2 Å². The van der Waals surface area contributed by atoms with E-state index in [9.17, 15) is 0 Å². The molecule has 1 fully saturated rings. The second-order valence-electron chi connectivity index (χ2n) is 4.78. The maximum absolute atomic E-state index is 8.97. The number of aliphatic hydroxyl groups is 1. The summed E-state index contributed by atoms with van der Waals surface area (Å²) in [5.41, 5.74) is 2.54. The van der Waals surface area contributed by atoms with E-state index >= 15 is 0 Å². The van der Waals surface area contributed by atoms with Crippen LogP contribution in [0.5, 0.6) is 0 Å². The second kappa shape index (κ2) is 4.51. The molecule has 0 unspecified atom stereocenters. The zero-order chi connectivity index (χ0) is 11.7. The van der Waals surface area contributed by atoms with Crippen LogP contribution in [0.1, 0.15) is 18.4 Å². The summed E-state index contributed by atoms with van der Waals surface area (Å²) < 4.78 is 2.09. The minimum Gasteiger partial charge on any atom is -0.395 e. The first-order chi connectivity index (χ1) is 8.36. The molecule has 1 saturated carbocycles. The number of hydrogen-bond acceptors (Lipinski definition) is 2. The minimum atomic E-state index is 0.189. The largest absolute Gasteiger partial charge is 0.395 e. The quantitative estimate of drug-likeness (QED) is 0.823. The maximum atomic E-state index is 8.97. The Hall–Kier alpha value is -1.32. The fourth-order valence-electron chi connectivity index (χ4n) is 2.21. The lowest BCUT2D eigenvalue weighted by Gasteiger charge is -2.05. The molecule has 3 heteroatoms. The molecule has 2 N–H and O–H groups in total. The van der Waals surface area contributed by atoms with E-state index in [1.165, 1.54) is 29.3 Å². The van der Waals surface area contributed by atoms with Crippen molar-refractivity contribution in [2.45, 2.75) is 32.0 Å². The Bertz CT molecular complexity index is 514. The Morgan fingerprint density at radius 2 is 2.18 bits per heavy atom. The molecule has 3 nitrogen and oxygen atoms in total. The van der Waals surface area contributed by atoms with Crippen molar-refractivity contribution in [1.82, 2.24) is 9.88 Å². The van der Waals surface area contributed by atoms with E-state index in [-0.39, 0.29) is 6.61 Å². The van der Waals surface area contributed by atoms with Gasteiger partial charge in [0.15, 0.2) is 0 Å². The summed E-state index contributed by atoms with van der Waals surface area (Å²) in [5.74, 6) is 0. The summed E-state index contributed by atoms with van der Waals surface area (Å²) in [6.45, 7) is 1.82. The van der Waals surface area contributed by atoms with Crippen LogP contribution in [0.15, 0.2) is 30.5 Å². The number of benzene rings is 1. The molecule has 1 aliphatic rings. The first-order valence-electron chi connectivity index (χ1n) is 6.29. The van der Waals surface area contributed by atoms with Crippen LogP contribution < -0.4 is 5.32 Å². The predicted octanol–water partition coefficient (Wildman–Crippen LogP) is 1.89. The van der Waals surface area contributed by atoms with Gasteiger partial charge in [0, 0.05) is 30.8 Å². The summed E-state index contributed by atoms with van der Waals surface area (Å²) in [7, 11) is 0. The van der Waals surface area contributed by atoms with Crippen molar-refractivity contribution in [3.63, 3.8) is 0 Å². The fourth-order valence-corrected chi connectivity index (χ4v) is 2.21. The van der Waals surface area contributed by atoms with Gasteiger partial charge in [-0.25, -0.2) is 0 Å². The van der Waals surface area contributed by atoms with Gasteiger partial charge in [0.1, 0.15) is 0 Å². The Balaban J connectivity index is 1.80. The molecule has 1 heterocycles.